The molecule has 0 radical (unpaired) electrons. The maximum absolute atomic E-state index is 10.4. The van der Waals surface area contributed by atoms with Crippen molar-refractivity contribution in [3.63, 3.8) is 0 Å². The van der Waals surface area contributed by atoms with E-state index in [4.69, 9.17) is 4.74 Å². The largest absolute Gasteiger partial charge is 0.496 e. The molecule has 2 rings (SSSR count). The molecule has 20 heavy (non-hydrogen) atoms. The highest BCUT2D eigenvalue weighted by Gasteiger charge is 2.17. The maximum Gasteiger partial charge on any atom is 0.233 e. The van der Waals surface area contributed by atoms with Gasteiger partial charge in [0.25, 0.3) is 0 Å². The summed E-state index contributed by atoms with van der Waals surface area (Å²) < 4.78 is 5.27. The van der Waals surface area contributed by atoms with E-state index in [0.29, 0.717) is 11.3 Å². The summed E-state index contributed by atoms with van der Waals surface area (Å²) in [5.74, 6) is 0.517. The Labute approximate surface area is 115 Å². The number of benzene rings is 1. The molecule has 6 nitrogen and oxygen atoms in total. The van der Waals surface area contributed by atoms with Crippen molar-refractivity contribution in [3.05, 3.63) is 58.3 Å². The quantitative estimate of drug-likeness (QED) is 0.666. The van der Waals surface area contributed by atoms with E-state index in [9.17, 15) is 15.2 Å². The first kappa shape index (κ1) is 14.0. The number of aliphatic hydroxyl groups excluding tert-OH is 1. The number of nitro groups is 1. The molecule has 0 saturated heterocycles. The van der Waals surface area contributed by atoms with Gasteiger partial charge in [0.1, 0.15) is 11.9 Å². The molecule has 0 bridgehead atoms. The third kappa shape index (κ3) is 3.10. The molecule has 0 saturated carbocycles. The van der Waals surface area contributed by atoms with Crippen LogP contribution < -0.4 is 4.74 Å². The Kier molecular flexibility index (Phi) is 4.27. The summed E-state index contributed by atoms with van der Waals surface area (Å²) in [6, 6.07) is 10.5. The molecule has 0 aliphatic heterocycles. The highest BCUT2D eigenvalue weighted by Crippen LogP contribution is 2.31. The minimum absolute atomic E-state index is 0.443. The average Bonchev–Trinajstić information content (AvgIpc) is 2.46. The molecule has 104 valence electrons. The zero-order valence-corrected chi connectivity index (χ0v) is 10.9. The SMILES string of the molecule is COc1cc(C(O)C[N+](=O)[O-])ccc1-c1ccccn1. The van der Waals surface area contributed by atoms with Crippen LogP contribution in [0.15, 0.2) is 42.6 Å². The maximum atomic E-state index is 10.4. The number of pyridine rings is 1. The fourth-order valence-electron chi connectivity index (χ4n) is 1.90. The Hall–Kier alpha value is -2.47. The van der Waals surface area contributed by atoms with Gasteiger partial charge in [-0.2, -0.15) is 0 Å². The van der Waals surface area contributed by atoms with E-state index in [-0.39, 0.29) is 0 Å². The Morgan fingerprint density at radius 3 is 2.80 bits per heavy atom. The molecular weight excluding hydrogens is 260 g/mol. The van der Waals surface area contributed by atoms with Crippen molar-refractivity contribution in [1.82, 2.24) is 4.98 Å². The monoisotopic (exact) mass is 274 g/mol. The van der Waals surface area contributed by atoms with Crippen LogP contribution in [0.5, 0.6) is 5.75 Å². The fourth-order valence-corrected chi connectivity index (χ4v) is 1.90. The van der Waals surface area contributed by atoms with Gasteiger partial charge in [0.15, 0.2) is 0 Å². The van der Waals surface area contributed by atoms with Crippen molar-refractivity contribution in [2.75, 3.05) is 13.7 Å². The summed E-state index contributed by atoms with van der Waals surface area (Å²) in [7, 11) is 1.51. The molecule has 1 unspecified atom stereocenters. The van der Waals surface area contributed by atoms with Crippen molar-refractivity contribution in [2.24, 2.45) is 0 Å². The van der Waals surface area contributed by atoms with Gasteiger partial charge in [-0.3, -0.25) is 15.1 Å². The van der Waals surface area contributed by atoms with E-state index in [1.165, 1.54) is 7.11 Å². The molecule has 1 aromatic heterocycles. The van der Waals surface area contributed by atoms with Crippen LogP contribution in [0.2, 0.25) is 0 Å². The number of ether oxygens (including phenoxy) is 1. The normalized spacial score (nSPS) is 11.9. The lowest BCUT2D eigenvalue weighted by molar-refractivity contribution is -0.491. The van der Waals surface area contributed by atoms with Crippen molar-refractivity contribution in [3.8, 4) is 17.0 Å². The van der Waals surface area contributed by atoms with Gasteiger partial charge in [-0.25, -0.2) is 0 Å². The third-order valence-electron chi connectivity index (χ3n) is 2.87. The van der Waals surface area contributed by atoms with Gasteiger partial charge < -0.3 is 9.84 Å². The van der Waals surface area contributed by atoms with Crippen molar-refractivity contribution >= 4 is 0 Å². The van der Waals surface area contributed by atoms with E-state index in [2.05, 4.69) is 4.98 Å². The lowest BCUT2D eigenvalue weighted by atomic mass is 10.0. The van der Waals surface area contributed by atoms with Crippen LogP contribution >= 0.6 is 0 Å². The van der Waals surface area contributed by atoms with Crippen LogP contribution in [0.1, 0.15) is 11.7 Å². The van der Waals surface area contributed by atoms with Gasteiger partial charge in [-0.15, -0.1) is 0 Å². The topological polar surface area (TPSA) is 85.5 Å². The summed E-state index contributed by atoms with van der Waals surface area (Å²) in [4.78, 5) is 14.1. The van der Waals surface area contributed by atoms with Gasteiger partial charge in [0.05, 0.1) is 12.8 Å². The highest BCUT2D eigenvalue weighted by atomic mass is 16.6. The average molecular weight is 274 g/mol. The Morgan fingerprint density at radius 1 is 1.40 bits per heavy atom. The van der Waals surface area contributed by atoms with E-state index >= 15 is 0 Å². The zero-order valence-electron chi connectivity index (χ0n) is 10.9. The van der Waals surface area contributed by atoms with Gasteiger partial charge in [-0.1, -0.05) is 12.1 Å². The fraction of sp³-hybridized carbons (Fsp3) is 0.214. The van der Waals surface area contributed by atoms with Crippen LogP contribution in [-0.4, -0.2) is 28.7 Å². The molecule has 2 aromatic rings. The smallest absolute Gasteiger partial charge is 0.233 e. The summed E-state index contributed by atoms with van der Waals surface area (Å²) >= 11 is 0. The van der Waals surface area contributed by atoms with Crippen LogP contribution in [0.25, 0.3) is 11.3 Å². The van der Waals surface area contributed by atoms with Gasteiger partial charge in [0, 0.05) is 16.7 Å². The first-order chi connectivity index (χ1) is 9.61. The second-order valence-corrected chi connectivity index (χ2v) is 4.21. The van der Waals surface area contributed by atoms with E-state index in [1.54, 1.807) is 24.4 Å². The molecule has 0 spiro atoms. The zero-order chi connectivity index (χ0) is 14.5. The molecule has 0 aliphatic rings. The van der Waals surface area contributed by atoms with Crippen molar-refractivity contribution in [2.45, 2.75) is 6.10 Å². The number of rotatable bonds is 5. The van der Waals surface area contributed by atoms with Gasteiger partial charge >= 0.3 is 0 Å². The molecule has 6 heteroatoms. The standard InChI is InChI=1S/C14H14N2O4/c1-20-14-8-10(13(17)9-16(18)19)5-6-11(14)12-4-2-3-7-15-12/h2-8,13,17H,9H2,1H3. The van der Waals surface area contributed by atoms with Crippen LogP contribution in [0.4, 0.5) is 0 Å². The van der Waals surface area contributed by atoms with E-state index in [0.717, 1.165) is 11.3 Å². The van der Waals surface area contributed by atoms with Gasteiger partial charge in [0.2, 0.25) is 6.54 Å². The molecular formula is C14H14N2O4. The summed E-state index contributed by atoms with van der Waals surface area (Å²) in [6.45, 7) is -0.536. The number of hydrogen-bond acceptors (Lipinski definition) is 5. The second-order valence-electron chi connectivity index (χ2n) is 4.21. The minimum Gasteiger partial charge on any atom is -0.496 e. The summed E-state index contributed by atoms with van der Waals surface area (Å²) in [5, 5.41) is 20.2. The number of hydrogen-bond donors (Lipinski definition) is 1. The Morgan fingerprint density at radius 2 is 2.20 bits per heavy atom. The highest BCUT2D eigenvalue weighted by molar-refractivity contribution is 5.67. The molecule has 1 N–H and O–H groups in total. The first-order valence-corrected chi connectivity index (χ1v) is 6.01. The molecule has 1 aromatic carbocycles. The second kappa shape index (κ2) is 6.12. The number of aliphatic hydroxyl groups is 1. The first-order valence-electron chi connectivity index (χ1n) is 6.01. The van der Waals surface area contributed by atoms with Crippen molar-refractivity contribution < 1.29 is 14.8 Å². The van der Waals surface area contributed by atoms with Crippen LogP contribution in [0.3, 0.4) is 0 Å². The lowest BCUT2D eigenvalue weighted by Crippen LogP contribution is -2.11. The van der Waals surface area contributed by atoms with Crippen LogP contribution in [0, 0.1) is 10.1 Å². The molecule has 1 heterocycles. The predicted octanol–water partition coefficient (Wildman–Crippen LogP) is 2.07. The Bertz CT molecular complexity index is 601. The predicted molar refractivity (Wildman–Crippen MR) is 73.0 cm³/mol. The van der Waals surface area contributed by atoms with Gasteiger partial charge in [-0.05, 0) is 29.8 Å². The van der Waals surface area contributed by atoms with Crippen molar-refractivity contribution in [1.29, 1.82) is 0 Å². The molecule has 0 aliphatic carbocycles. The minimum atomic E-state index is -1.16. The number of methoxy groups -OCH3 is 1. The molecule has 0 fully saturated rings. The number of nitrogens with zero attached hydrogens (tertiary/aromatic N) is 2. The number of aromatic nitrogens is 1. The lowest BCUT2D eigenvalue weighted by Gasteiger charge is -2.12. The van der Waals surface area contributed by atoms with E-state index in [1.807, 2.05) is 18.2 Å². The van der Waals surface area contributed by atoms with E-state index < -0.39 is 17.6 Å². The Balaban J connectivity index is 2.36. The molecule has 0 amide bonds. The summed E-state index contributed by atoms with van der Waals surface area (Å²) in [6.07, 6.45) is 0.515. The van der Waals surface area contributed by atoms with Crippen LogP contribution in [-0.2, 0) is 0 Å². The molecule has 1 atom stereocenters. The third-order valence-corrected chi connectivity index (χ3v) is 2.87. The summed E-state index contributed by atoms with van der Waals surface area (Å²) in [5.41, 5.74) is 1.95.